The molecule has 0 aliphatic heterocycles. The van der Waals surface area contributed by atoms with Gasteiger partial charge in [-0.2, -0.15) is 9.97 Å². The molecule has 0 saturated heterocycles. The van der Waals surface area contributed by atoms with E-state index in [0.29, 0.717) is 23.6 Å². The first-order valence-electron chi connectivity index (χ1n) is 7.44. The zero-order valence-corrected chi connectivity index (χ0v) is 14.6. The third-order valence-corrected chi connectivity index (χ3v) is 5.07. The van der Waals surface area contributed by atoms with Gasteiger partial charge in [-0.1, -0.05) is 12.1 Å². The van der Waals surface area contributed by atoms with E-state index in [-0.39, 0.29) is 34.5 Å². The van der Waals surface area contributed by atoms with Crippen LogP contribution in [0.5, 0.6) is 0 Å². The number of benzene rings is 1. The summed E-state index contributed by atoms with van der Waals surface area (Å²) in [6.07, 6.45) is 0.547. The van der Waals surface area contributed by atoms with E-state index in [2.05, 4.69) is 15.0 Å². The molecule has 2 aromatic heterocycles. The van der Waals surface area contributed by atoms with Crippen LogP contribution in [0, 0.1) is 5.82 Å². The van der Waals surface area contributed by atoms with Crippen LogP contribution in [0.3, 0.4) is 0 Å². The van der Waals surface area contributed by atoms with Crippen molar-refractivity contribution in [1.82, 2.24) is 19.5 Å². The van der Waals surface area contributed by atoms with Gasteiger partial charge in [0.1, 0.15) is 17.1 Å². The van der Waals surface area contributed by atoms with Crippen LogP contribution < -0.4 is 11.4 Å². The van der Waals surface area contributed by atoms with Crippen molar-refractivity contribution in [3.8, 4) is 0 Å². The van der Waals surface area contributed by atoms with E-state index in [1.165, 1.54) is 16.7 Å². The Morgan fingerprint density at radius 3 is 2.72 bits per heavy atom. The number of imidazole rings is 1. The largest absolute Gasteiger partial charge is 0.609 e. The molecule has 2 heterocycles. The molecule has 0 aliphatic carbocycles. The highest BCUT2D eigenvalue weighted by molar-refractivity contribution is 7.91. The number of rotatable bonds is 6. The van der Waals surface area contributed by atoms with E-state index in [1.807, 2.05) is 0 Å². The van der Waals surface area contributed by atoms with Gasteiger partial charge in [0, 0.05) is 23.5 Å². The molecule has 0 bridgehead atoms. The normalized spacial score (nSPS) is 12.6. The Morgan fingerprint density at radius 1 is 1.32 bits per heavy atom. The van der Waals surface area contributed by atoms with Crippen LogP contribution >= 0.6 is 11.6 Å². The molecule has 3 N–H and O–H groups in total. The lowest BCUT2D eigenvalue weighted by Gasteiger charge is -2.09. The molecule has 132 valence electrons. The maximum Gasteiger partial charge on any atom is 0.346 e. The number of fused-ring (bicyclic) bond motifs is 1. The molecule has 1 unspecified atom stereocenters. The van der Waals surface area contributed by atoms with E-state index in [4.69, 9.17) is 17.3 Å². The van der Waals surface area contributed by atoms with Crippen LogP contribution in [0.4, 0.5) is 10.2 Å². The maximum atomic E-state index is 13.0. The zero-order chi connectivity index (χ0) is 18.0. The number of nitrogens with zero attached hydrogens (tertiary/aromatic N) is 3. The number of H-pyrrole nitrogens is 1. The number of halogens is 2. The molecule has 0 fully saturated rings. The fourth-order valence-corrected chi connectivity index (χ4v) is 3.60. The number of aromatic nitrogens is 4. The zero-order valence-electron chi connectivity index (χ0n) is 13.0. The van der Waals surface area contributed by atoms with Crippen LogP contribution in [0.15, 0.2) is 34.2 Å². The highest BCUT2D eigenvalue weighted by Gasteiger charge is 2.21. The fraction of sp³-hybridized carbons (Fsp3) is 0.267. The molecule has 0 spiro atoms. The van der Waals surface area contributed by atoms with E-state index in [0.717, 1.165) is 0 Å². The molecule has 0 radical (unpaired) electrons. The van der Waals surface area contributed by atoms with Gasteiger partial charge < -0.3 is 15.3 Å². The molecule has 3 aromatic rings. The maximum absolute atomic E-state index is 13.0. The van der Waals surface area contributed by atoms with Gasteiger partial charge in [0.25, 0.3) is 0 Å². The molecule has 0 amide bonds. The topological polar surface area (TPSA) is 113 Å². The SMILES string of the molecule is Nc1nc([S+]([O-])CCCCl)nc2c1[nH]c(=O)n2Cc1ccc(F)cc1. The van der Waals surface area contributed by atoms with Gasteiger partial charge in [-0.25, -0.2) is 9.18 Å². The van der Waals surface area contributed by atoms with E-state index >= 15 is 0 Å². The first kappa shape index (κ1) is 17.7. The summed E-state index contributed by atoms with van der Waals surface area (Å²) in [5.74, 6) is 0.372. The van der Waals surface area contributed by atoms with Crippen molar-refractivity contribution >= 4 is 39.8 Å². The number of aromatic amines is 1. The monoisotopic (exact) mass is 383 g/mol. The average molecular weight is 384 g/mol. The van der Waals surface area contributed by atoms with Gasteiger partial charge in [-0.15, -0.1) is 11.6 Å². The van der Waals surface area contributed by atoms with Crippen LogP contribution in [0.2, 0.25) is 0 Å². The summed E-state index contributed by atoms with van der Waals surface area (Å²) in [5, 5.41) is 0.0574. The molecule has 0 aliphatic rings. The number of nitrogen functional groups attached to an aromatic ring is 1. The van der Waals surface area contributed by atoms with Crippen molar-refractivity contribution < 1.29 is 8.94 Å². The van der Waals surface area contributed by atoms with Crippen molar-refractivity contribution in [2.45, 2.75) is 18.1 Å². The Balaban J connectivity index is 2.02. The Morgan fingerprint density at radius 2 is 2.04 bits per heavy atom. The summed E-state index contributed by atoms with van der Waals surface area (Å²) in [4.78, 5) is 23.1. The van der Waals surface area contributed by atoms with Crippen molar-refractivity contribution in [2.75, 3.05) is 17.4 Å². The Bertz CT molecular complexity index is 943. The van der Waals surface area contributed by atoms with Crippen molar-refractivity contribution in [2.24, 2.45) is 0 Å². The highest BCUT2D eigenvalue weighted by atomic mass is 35.5. The lowest BCUT2D eigenvalue weighted by molar-refractivity contribution is 0.585. The first-order chi connectivity index (χ1) is 12.0. The lowest BCUT2D eigenvalue weighted by atomic mass is 10.2. The van der Waals surface area contributed by atoms with Gasteiger partial charge in [0.15, 0.2) is 11.5 Å². The molecule has 25 heavy (non-hydrogen) atoms. The minimum atomic E-state index is -1.46. The Hall–Kier alpha value is -2.10. The number of anilines is 1. The third kappa shape index (κ3) is 3.78. The van der Waals surface area contributed by atoms with Crippen LogP contribution in [-0.2, 0) is 17.7 Å². The van der Waals surface area contributed by atoms with Crippen LogP contribution in [-0.4, -0.2) is 35.7 Å². The number of nitrogens with one attached hydrogen (secondary N) is 1. The third-order valence-electron chi connectivity index (χ3n) is 3.55. The number of hydrogen-bond acceptors (Lipinski definition) is 5. The first-order valence-corrected chi connectivity index (χ1v) is 9.29. The predicted molar refractivity (Wildman–Crippen MR) is 94.7 cm³/mol. The second kappa shape index (κ2) is 7.42. The second-order valence-electron chi connectivity index (χ2n) is 5.32. The van der Waals surface area contributed by atoms with Crippen molar-refractivity contribution in [1.29, 1.82) is 0 Å². The quantitative estimate of drug-likeness (QED) is 0.381. The molecule has 1 aromatic carbocycles. The summed E-state index contributed by atoms with van der Waals surface area (Å²) in [7, 11) is 0. The summed E-state index contributed by atoms with van der Waals surface area (Å²) >= 11 is 4.15. The smallest absolute Gasteiger partial charge is 0.346 e. The van der Waals surface area contributed by atoms with Crippen molar-refractivity contribution in [3.63, 3.8) is 0 Å². The van der Waals surface area contributed by atoms with E-state index in [9.17, 15) is 13.7 Å². The molecule has 7 nitrogen and oxygen atoms in total. The summed E-state index contributed by atoms with van der Waals surface area (Å²) < 4.78 is 26.6. The molecular weight excluding hydrogens is 369 g/mol. The van der Waals surface area contributed by atoms with Gasteiger partial charge >= 0.3 is 10.8 Å². The fourth-order valence-electron chi connectivity index (χ4n) is 2.33. The number of nitrogens with two attached hydrogens (primary N) is 1. The summed E-state index contributed by atoms with van der Waals surface area (Å²) in [6.45, 7) is 0.170. The Kier molecular flexibility index (Phi) is 5.26. The van der Waals surface area contributed by atoms with Crippen molar-refractivity contribution in [3.05, 3.63) is 46.1 Å². The minimum absolute atomic E-state index is 0.0502. The standard InChI is InChI=1S/C15H15ClFN5O2S/c16-6-1-7-25(24)14-20-12(18)11-13(21-14)22(15(23)19-11)8-9-2-4-10(17)5-3-9/h2-5H,1,6-8H2,(H,19,23)(H2,18,20,21). The van der Waals surface area contributed by atoms with Gasteiger partial charge in [0.2, 0.25) is 0 Å². The van der Waals surface area contributed by atoms with Gasteiger partial charge in [-0.3, -0.25) is 4.57 Å². The van der Waals surface area contributed by atoms with Gasteiger partial charge in [0.05, 0.1) is 6.54 Å². The number of hydrogen-bond donors (Lipinski definition) is 2. The van der Waals surface area contributed by atoms with Crippen LogP contribution in [0.1, 0.15) is 12.0 Å². The molecule has 3 rings (SSSR count). The van der Waals surface area contributed by atoms with E-state index in [1.54, 1.807) is 12.1 Å². The highest BCUT2D eigenvalue weighted by Crippen LogP contribution is 2.18. The average Bonchev–Trinajstić information content (AvgIpc) is 2.91. The minimum Gasteiger partial charge on any atom is -0.609 e. The molecule has 0 saturated carbocycles. The molecule has 1 atom stereocenters. The summed E-state index contributed by atoms with van der Waals surface area (Å²) in [5.41, 5.74) is 6.70. The van der Waals surface area contributed by atoms with E-state index < -0.39 is 16.9 Å². The van der Waals surface area contributed by atoms with Crippen LogP contribution in [0.25, 0.3) is 11.2 Å². The number of alkyl halides is 1. The molecular formula is C15H15ClFN5O2S. The Labute approximate surface area is 150 Å². The summed E-state index contributed by atoms with van der Waals surface area (Å²) in [6, 6.07) is 5.77. The second-order valence-corrected chi connectivity index (χ2v) is 7.17. The lowest BCUT2D eigenvalue weighted by Crippen LogP contribution is -2.18. The molecule has 10 heteroatoms. The predicted octanol–water partition coefficient (Wildman–Crippen LogP) is 1.63. The van der Waals surface area contributed by atoms with Gasteiger partial charge in [-0.05, 0) is 17.7 Å².